The molecule has 1 spiro atoms. The van der Waals surface area contributed by atoms with Gasteiger partial charge >= 0.3 is 6.03 Å². The van der Waals surface area contributed by atoms with E-state index in [-0.39, 0.29) is 11.8 Å². The highest BCUT2D eigenvalue weighted by Gasteiger charge is 2.40. The summed E-state index contributed by atoms with van der Waals surface area (Å²) in [4.78, 5) is 14.1. The average Bonchev–Trinajstić information content (AvgIpc) is 3.24. The Morgan fingerprint density at radius 3 is 2.76 bits per heavy atom. The number of hydrogen-bond donors (Lipinski definition) is 2. The van der Waals surface area contributed by atoms with E-state index in [0.29, 0.717) is 12.6 Å². The first-order valence-electron chi connectivity index (χ1n) is 9.42. The second-order valence-corrected chi connectivity index (χ2v) is 7.11. The second-order valence-electron chi connectivity index (χ2n) is 7.11. The maximum absolute atomic E-state index is 12.2. The number of nitrogens with zero attached hydrogens (tertiary/aromatic N) is 1. The Kier molecular flexibility index (Phi) is 4.56. The number of anilines is 2. The second kappa shape index (κ2) is 6.84. The average molecular weight is 345 g/mol. The summed E-state index contributed by atoms with van der Waals surface area (Å²) in [6, 6.07) is 6.81. The lowest BCUT2D eigenvalue weighted by atomic mass is 9.90. The smallest absolute Gasteiger partial charge is 0.321 e. The SMILES string of the molecule is CCNC(=O)N1CCc2ccc(NC3CCC4(CC3)OCCO4)cc21. The van der Waals surface area contributed by atoms with Crippen LogP contribution in [0.2, 0.25) is 0 Å². The normalized spacial score (nSPS) is 22.2. The third-order valence-corrected chi connectivity index (χ3v) is 5.49. The van der Waals surface area contributed by atoms with Gasteiger partial charge in [0.2, 0.25) is 0 Å². The molecular formula is C19H27N3O3. The lowest BCUT2D eigenvalue weighted by Gasteiger charge is -2.36. The molecule has 1 aromatic rings. The molecule has 0 unspecified atom stereocenters. The Morgan fingerprint density at radius 1 is 1.28 bits per heavy atom. The predicted octanol–water partition coefficient (Wildman–Crippen LogP) is 2.88. The number of carbonyl (C=O) groups excluding carboxylic acids is 1. The lowest BCUT2D eigenvalue weighted by Crippen LogP contribution is -2.39. The fraction of sp³-hybridized carbons (Fsp3) is 0.632. The lowest BCUT2D eigenvalue weighted by molar-refractivity contribution is -0.177. The maximum atomic E-state index is 12.2. The molecule has 0 radical (unpaired) electrons. The summed E-state index contributed by atoms with van der Waals surface area (Å²) in [6.45, 7) is 4.79. The zero-order valence-electron chi connectivity index (χ0n) is 14.8. The molecule has 0 atom stereocenters. The minimum atomic E-state index is -0.314. The Hall–Kier alpha value is -1.79. The first-order valence-corrected chi connectivity index (χ1v) is 9.42. The highest BCUT2D eigenvalue weighted by atomic mass is 16.7. The molecule has 0 bridgehead atoms. The van der Waals surface area contributed by atoms with E-state index in [0.717, 1.165) is 63.2 Å². The minimum Gasteiger partial charge on any atom is -0.382 e. The van der Waals surface area contributed by atoms with Crippen molar-refractivity contribution >= 4 is 17.4 Å². The molecule has 6 heteroatoms. The van der Waals surface area contributed by atoms with Gasteiger partial charge in [0.15, 0.2) is 5.79 Å². The van der Waals surface area contributed by atoms with E-state index in [9.17, 15) is 4.79 Å². The van der Waals surface area contributed by atoms with Crippen LogP contribution in [0.3, 0.4) is 0 Å². The zero-order valence-corrected chi connectivity index (χ0v) is 14.8. The Labute approximate surface area is 148 Å². The van der Waals surface area contributed by atoms with Crippen molar-refractivity contribution < 1.29 is 14.3 Å². The molecule has 4 rings (SSSR count). The van der Waals surface area contributed by atoms with Gasteiger partial charge in [-0.25, -0.2) is 4.79 Å². The van der Waals surface area contributed by atoms with E-state index in [1.165, 1.54) is 5.56 Å². The van der Waals surface area contributed by atoms with Crippen molar-refractivity contribution in [3.8, 4) is 0 Å². The van der Waals surface area contributed by atoms with Gasteiger partial charge in [0.1, 0.15) is 0 Å². The monoisotopic (exact) mass is 345 g/mol. The summed E-state index contributed by atoms with van der Waals surface area (Å²) in [6.07, 6.45) is 4.89. The van der Waals surface area contributed by atoms with Crippen molar-refractivity contribution in [2.24, 2.45) is 0 Å². The molecule has 1 aliphatic carbocycles. The number of urea groups is 1. The van der Waals surface area contributed by atoms with E-state index in [2.05, 4.69) is 28.8 Å². The van der Waals surface area contributed by atoms with Crippen molar-refractivity contribution in [1.82, 2.24) is 5.32 Å². The molecule has 2 fully saturated rings. The molecule has 0 aromatic heterocycles. The zero-order chi connectivity index (χ0) is 17.3. The van der Waals surface area contributed by atoms with E-state index < -0.39 is 0 Å². The molecule has 1 saturated carbocycles. The molecule has 25 heavy (non-hydrogen) atoms. The highest BCUT2D eigenvalue weighted by Crippen LogP contribution is 2.37. The van der Waals surface area contributed by atoms with Crippen molar-refractivity contribution in [2.45, 2.75) is 50.9 Å². The molecule has 2 N–H and O–H groups in total. The van der Waals surface area contributed by atoms with Gasteiger partial charge in [-0.1, -0.05) is 6.07 Å². The molecule has 3 aliphatic rings. The third-order valence-electron chi connectivity index (χ3n) is 5.49. The van der Waals surface area contributed by atoms with Crippen LogP contribution in [0.15, 0.2) is 18.2 Å². The summed E-state index contributed by atoms with van der Waals surface area (Å²) in [7, 11) is 0. The topological polar surface area (TPSA) is 62.8 Å². The molecule has 2 aliphatic heterocycles. The Bertz CT molecular complexity index is 633. The fourth-order valence-corrected chi connectivity index (χ4v) is 4.15. The molecule has 6 nitrogen and oxygen atoms in total. The number of amides is 2. The highest BCUT2D eigenvalue weighted by molar-refractivity contribution is 5.94. The van der Waals surface area contributed by atoms with Gasteiger partial charge in [0, 0.05) is 37.7 Å². The van der Waals surface area contributed by atoms with Crippen LogP contribution in [0.1, 0.15) is 38.2 Å². The number of hydrogen-bond acceptors (Lipinski definition) is 4. The molecule has 1 saturated heterocycles. The van der Waals surface area contributed by atoms with Crippen LogP contribution in [0.4, 0.5) is 16.2 Å². The van der Waals surface area contributed by atoms with Crippen LogP contribution < -0.4 is 15.5 Å². The Morgan fingerprint density at radius 2 is 2.04 bits per heavy atom. The van der Waals surface area contributed by atoms with E-state index in [1.807, 2.05) is 11.8 Å². The van der Waals surface area contributed by atoms with Crippen LogP contribution in [-0.2, 0) is 15.9 Å². The quantitative estimate of drug-likeness (QED) is 0.884. The van der Waals surface area contributed by atoms with Gasteiger partial charge in [0.25, 0.3) is 0 Å². The molecule has 2 amide bonds. The standard InChI is InChI=1S/C19H27N3O3/c1-2-20-18(23)22-10-7-14-3-4-16(13-17(14)22)21-15-5-8-19(9-6-15)24-11-12-25-19/h3-4,13,15,21H,2,5-12H2,1H3,(H,20,23). The van der Waals surface area contributed by atoms with Gasteiger partial charge in [-0.05, 0) is 43.9 Å². The number of carbonyl (C=O) groups is 1. The minimum absolute atomic E-state index is 0.00598. The molecule has 136 valence electrons. The van der Waals surface area contributed by atoms with Crippen LogP contribution in [0, 0.1) is 0 Å². The van der Waals surface area contributed by atoms with Gasteiger partial charge in [-0.3, -0.25) is 4.90 Å². The van der Waals surface area contributed by atoms with Crippen LogP contribution in [-0.4, -0.2) is 44.2 Å². The number of ether oxygens (including phenoxy) is 2. The van der Waals surface area contributed by atoms with E-state index >= 15 is 0 Å². The van der Waals surface area contributed by atoms with Gasteiger partial charge in [-0.15, -0.1) is 0 Å². The first kappa shape index (κ1) is 16.7. The molecular weight excluding hydrogens is 318 g/mol. The summed E-state index contributed by atoms with van der Waals surface area (Å²) in [5.74, 6) is -0.314. The van der Waals surface area contributed by atoms with E-state index in [4.69, 9.17) is 9.47 Å². The fourth-order valence-electron chi connectivity index (χ4n) is 4.15. The predicted molar refractivity (Wildman–Crippen MR) is 97.1 cm³/mol. The number of rotatable bonds is 3. The number of benzene rings is 1. The summed E-state index contributed by atoms with van der Waals surface area (Å²) in [5, 5.41) is 6.53. The van der Waals surface area contributed by atoms with Crippen LogP contribution >= 0.6 is 0 Å². The van der Waals surface area contributed by atoms with E-state index in [1.54, 1.807) is 0 Å². The first-order chi connectivity index (χ1) is 12.2. The maximum Gasteiger partial charge on any atom is 0.321 e. The summed E-state index contributed by atoms with van der Waals surface area (Å²) < 4.78 is 11.6. The van der Waals surface area contributed by atoms with Gasteiger partial charge < -0.3 is 20.1 Å². The Balaban J connectivity index is 1.41. The van der Waals surface area contributed by atoms with Crippen molar-refractivity contribution in [2.75, 3.05) is 36.5 Å². The van der Waals surface area contributed by atoms with Crippen molar-refractivity contribution in [3.63, 3.8) is 0 Å². The van der Waals surface area contributed by atoms with Gasteiger partial charge in [-0.2, -0.15) is 0 Å². The van der Waals surface area contributed by atoms with Crippen molar-refractivity contribution in [1.29, 1.82) is 0 Å². The largest absolute Gasteiger partial charge is 0.382 e. The summed E-state index contributed by atoms with van der Waals surface area (Å²) in [5.41, 5.74) is 3.36. The molecule has 1 aromatic carbocycles. The van der Waals surface area contributed by atoms with Crippen LogP contribution in [0.25, 0.3) is 0 Å². The number of fused-ring (bicyclic) bond motifs is 1. The van der Waals surface area contributed by atoms with Crippen LogP contribution in [0.5, 0.6) is 0 Å². The number of nitrogens with one attached hydrogen (secondary N) is 2. The summed E-state index contributed by atoms with van der Waals surface area (Å²) >= 11 is 0. The van der Waals surface area contributed by atoms with Gasteiger partial charge in [0.05, 0.1) is 18.9 Å². The molecule has 2 heterocycles. The third kappa shape index (κ3) is 3.33. The van der Waals surface area contributed by atoms with Crippen molar-refractivity contribution in [3.05, 3.63) is 23.8 Å².